The van der Waals surface area contributed by atoms with Crippen LogP contribution in [0.2, 0.25) is 0 Å². The predicted octanol–water partition coefficient (Wildman–Crippen LogP) is 0.873. The molecule has 0 aliphatic heterocycles. The van der Waals surface area contributed by atoms with Gasteiger partial charge in [0.15, 0.2) is 0 Å². The molecule has 0 spiro atoms. The molecule has 0 saturated carbocycles. The van der Waals surface area contributed by atoms with Crippen LogP contribution in [-0.4, -0.2) is 26.2 Å². The molecule has 59 valence electrons. The van der Waals surface area contributed by atoms with Crippen molar-refractivity contribution in [1.29, 1.82) is 0 Å². The third-order valence-electron chi connectivity index (χ3n) is 1.04. The van der Waals surface area contributed by atoms with Crippen molar-refractivity contribution >= 4 is 11.3 Å². The summed E-state index contributed by atoms with van der Waals surface area (Å²) in [4.78, 5) is 0. The highest BCUT2D eigenvalue weighted by molar-refractivity contribution is 7.76. The molecule has 1 N–H and O–H groups in total. The Morgan fingerprint density at radius 2 is 2.20 bits per heavy atom. The van der Waals surface area contributed by atoms with Crippen LogP contribution in [0.15, 0.2) is 0 Å². The average Bonchev–Trinajstić information content (AvgIpc) is 1.87. The third kappa shape index (κ3) is 3.87. The zero-order chi connectivity index (χ0) is 7.98. The maximum Gasteiger partial charge on any atom is 0.234 e. The minimum atomic E-state index is -1.85. The quantitative estimate of drug-likeness (QED) is 0.482. The average molecular weight is 163 g/mol. The van der Waals surface area contributed by atoms with E-state index in [1.54, 1.807) is 0 Å². The van der Waals surface area contributed by atoms with Gasteiger partial charge < -0.3 is 0 Å². The van der Waals surface area contributed by atoms with Crippen molar-refractivity contribution < 1.29 is 8.76 Å². The van der Waals surface area contributed by atoms with E-state index in [4.69, 9.17) is 4.55 Å². The van der Waals surface area contributed by atoms with Gasteiger partial charge in [-0.25, -0.2) is 4.21 Å². The summed E-state index contributed by atoms with van der Waals surface area (Å²) >= 11 is -1.85. The maximum atomic E-state index is 10.5. The van der Waals surface area contributed by atoms with E-state index in [0.717, 1.165) is 0 Å². The smallest absolute Gasteiger partial charge is 0.234 e. The van der Waals surface area contributed by atoms with E-state index in [0.29, 0.717) is 25.9 Å². The lowest BCUT2D eigenvalue weighted by molar-refractivity contribution is 0.405. The van der Waals surface area contributed by atoms with Gasteiger partial charge in [0, 0.05) is 6.54 Å². The molecule has 3 nitrogen and oxygen atoms in total. The largest absolute Gasteiger partial charge is 0.294 e. The molecular formula is C6H13NO2S+. The molecule has 0 heterocycles. The lowest BCUT2D eigenvalue weighted by Crippen LogP contribution is -2.27. The van der Waals surface area contributed by atoms with Crippen molar-refractivity contribution in [2.24, 2.45) is 0 Å². The Labute approximate surface area is 64.8 Å². The first-order chi connectivity index (χ1) is 4.72. The zero-order valence-electron chi connectivity index (χ0n) is 5.95. The molecule has 1 radical (unpaired) electrons. The Kier molecular flexibility index (Phi) is 5.67. The van der Waals surface area contributed by atoms with E-state index in [9.17, 15) is 4.21 Å². The first kappa shape index (κ1) is 9.94. The van der Waals surface area contributed by atoms with Gasteiger partial charge in [-0.1, -0.05) is 6.92 Å². The molecule has 0 bridgehead atoms. The standard InChI is InChI=1S/C6H12NO2S/c1-3-5-7(6-4-2)10(8)9/h1-6H2/p+1. The van der Waals surface area contributed by atoms with Crippen LogP contribution in [0.5, 0.6) is 0 Å². The summed E-state index contributed by atoms with van der Waals surface area (Å²) in [5.74, 6) is 0. The van der Waals surface area contributed by atoms with Crippen molar-refractivity contribution in [2.75, 3.05) is 13.1 Å². The van der Waals surface area contributed by atoms with E-state index >= 15 is 0 Å². The van der Waals surface area contributed by atoms with E-state index in [-0.39, 0.29) is 0 Å². The lowest BCUT2D eigenvalue weighted by Gasteiger charge is -2.12. The van der Waals surface area contributed by atoms with E-state index in [2.05, 4.69) is 13.8 Å². The highest BCUT2D eigenvalue weighted by Crippen LogP contribution is 1.95. The molecule has 0 fully saturated rings. The summed E-state index contributed by atoms with van der Waals surface area (Å²) < 4.78 is 20.5. The van der Waals surface area contributed by atoms with Crippen molar-refractivity contribution in [2.45, 2.75) is 12.8 Å². The monoisotopic (exact) mass is 163 g/mol. The first-order valence-corrected chi connectivity index (χ1v) is 4.23. The summed E-state index contributed by atoms with van der Waals surface area (Å²) in [5, 5.41) is 0. The summed E-state index contributed by atoms with van der Waals surface area (Å²) in [7, 11) is 0. The highest BCUT2D eigenvalue weighted by Gasteiger charge is 2.08. The molecule has 0 aromatic heterocycles. The second kappa shape index (κ2) is 5.70. The van der Waals surface area contributed by atoms with Crippen molar-refractivity contribution in [1.82, 2.24) is 4.31 Å². The van der Waals surface area contributed by atoms with Crippen LogP contribution in [0.4, 0.5) is 0 Å². The van der Waals surface area contributed by atoms with Gasteiger partial charge in [-0.15, -0.1) is 0 Å². The van der Waals surface area contributed by atoms with Gasteiger partial charge in [-0.05, 0) is 6.42 Å². The second-order valence-corrected chi connectivity index (χ2v) is 2.84. The van der Waals surface area contributed by atoms with Gasteiger partial charge in [0.25, 0.3) is 0 Å². The van der Waals surface area contributed by atoms with Gasteiger partial charge in [-0.3, -0.25) is 4.55 Å². The van der Waals surface area contributed by atoms with E-state index in [1.165, 1.54) is 4.31 Å². The number of nitrogens with zero attached hydrogens (tertiary/aromatic N) is 1. The lowest BCUT2D eigenvalue weighted by atomic mass is 10.4. The maximum absolute atomic E-state index is 10.5. The van der Waals surface area contributed by atoms with Gasteiger partial charge in [0.2, 0.25) is 11.3 Å². The van der Waals surface area contributed by atoms with E-state index < -0.39 is 11.3 Å². The van der Waals surface area contributed by atoms with Crippen LogP contribution in [0.25, 0.3) is 0 Å². The minimum Gasteiger partial charge on any atom is -0.294 e. The Morgan fingerprint density at radius 1 is 1.60 bits per heavy atom. The molecule has 10 heavy (non-hydrogen) atoms. The number of rotatable bonds is 5. The highest BCUT2D eigenvalue weighted by atomic mass is 32.2. The summed E-state index contributed by atoms with van der Waals surface area (Å²) in [6.07, 6.45) is 1.29. The van der Waals surface area contributed by atoms with Crippen LogP contribution in [-0.2, 0) is 11.3 Å². The fourth-order valence-electron chi connectivity index (χ4n) is 0.621. The first-order valence-electron chi connectivity index (χ1n) is 3.16. The predicted molar refractivity (Wildman–Crippen MR) is 42.3 cm³/mol. The van der Waals surface area contributed by atoms with Gasteiger partial charge in [-0.2, -0.15) is 4.31 Å². The Balaban J connectivity index is 3.61. The molecule has 0 rings (SSSR count). The number of hydrogen-bond acceptors (Lipinski definition) is 1. The Hall–Kier alpha value is -0.0600. The summed E-state index contributed by atoms with van der Waals surface area (Å²) in [6.45, 7) is 8.27. The molecule has 4 heteroatoms. The molecule has 1 unspecified atom stereocenters. The van der Waals surface area contributed by atoms with Gasteiger partial charge in [0.1, 0.15) is 0 Å². The molecular weight excluding hydrogens is 150 g/mol. The fourth-order valence-corrected chi connectivity index (χ4v) is 1.19. The topological polar surface area (TPSA) is 40.5 Å². The molecule has 0 saturated heterocycles. The molecule has 0 aliphatic rings. The van der Waals surface area contributed by atoms with Crippen molar-refractivity contribution in [3.05, 3.63) is 13.8 Å². The molecule has 0 aromatic rings. The summed E-state index contributed by atoms with van der Waals surface area (Å²) in [5.41, 5.74) is 0. The van der Waals surface area contributed by atoms with Crippen molar-refractivity contribution in [3.63, 3.8) is 0 Å². The normalized spacial score (nSPS) is 13.9. The van der Waals surface area contributed by atoms with Crippen LogP contribution >= 0.6 is 0 Å². The minimum absolute atomic E-state index is 0.554. The molecule has 0 aliphatic carbocycles. The zero-order valence-corrected chi connectivity index (χ0v) is 6.77. The number of hydrogen-bond donors (Lipinski definition) is 1. The summed E-state index contributed by atoms with van der Waals surface area (Å²) in [6, 6.07) is 0. The van der Waals surface area contributed by atoms with Gasteiger partial charge in [0.05, 0.1) is 19.9 Å². The molecule has 0 amide bonds. The van der Waals surface area contributed by atoms with Gasteiger partial charge >= 0.3 is 0 Å². The SMILES string of the molecule is [CH2]CCN(CC[CH2+])S(=O)O. The van der Waals surface area contributed by atoms with Crippen LogP contribution in [0, 0.1) is 13.8 Å². The molecule has 0 aromatic carbocycles. The third-order valence-corrected chi connectivity index (χ3v) is 1.84. The Bertz CT molecular complexity index is 102. The van der Waals surface area contributed by atoms with Crippen LogP contribution < -0.4 is 0 Å². The van der Waals surface area contributed by atoms with Crippen LogP contribution in [0.1, 0.15) is 12.8 Å². The second-order valence-electron chi connectivity index (χ2n) is 1.87. The Morgan fingerprint density at radius 3 is 2.50 bits per heavy atom. The van der Waals surface area contributed by atoms with E-state index in [1.807, 2.05) is 0 Å². The van der Waals surface area contributed by atoms with Crippen LogP contribution in [0.3, 0.4) is 0 Å². The molecule has 1 atom stereocenters. The fraction of sp³-hybridized carbons (Fsp3) is 0.667. The van der Waals surface area contributed by atoms with Crippen molar-refractivity contribution in [3.8, 4) is 0 Å².